The average molecular weight is 409 g/mol. The van der Waals surface area contributed by atoms with Crippen molar-refractivity contribution in [3.8, 4) is 0 Å². The van der Waals surface area contributed by atoms with Gasteiger partial charge in [0.25, 0.3) is 0 Å². The number of halogens is 2. The first-order valence-electron chi connectivity index (χ1n) is 9.10. The largest absolute Gasteiger partial charge is 0.453 e. The van der Waals surface area contributed by atoms with Crippen LogP contribution in [0.3, 0.4) is 0 Å². The highest BCUT2D eigenvalue weighted by molar-refractivity contribution is 6.18. The smallest absolute Gasteiger partial charge is 0.339 e. The summed E-state index contributed by atoms with van der Waals surface area (Å²) >= 11 is 0. The highest BCUT2D eigenvalue weighted by atomic mass is 19.1. The Bertz CT molecular complexity index is 842. The minimum atomic E-state index is -0.832. The first kappa shape index (κ1) is 20.7. The zero-order valence-electron chi connectivity index (χ0n) is 15.8. The number of rotatable bonds is 5. The molecule has 2 aliphatic heterocycles. The Kier molecular flexibility index (Phi) is 6.12. The van der Waals surface area contributed by atoms with E-state index in [1.807, 2.05) is 0 Å². The van der Waals surface area contributed by atoms with Crippen LogP contribution in [-0.2, 0) is 19.1 Å². The molecule has 1 aromatic rings. The monoisotopic (exact) mass is 409 g/mol. The van der Waals surface area contributed by atoms with Crippen LogP contribution in [0.5, 0.6) is 0 Å². The van der Waals surface area contributed by atoms with Gasteiger partial charge in [-0.3, -0.25) is 9.59 Å². The Morgan fingerprint density at radius 3 is 2.38 bits per heavy atom. The van der Waals surface area contributed by atoms with Gasteiger partial charge in [-0.25, -0.2) is 13.6 Å². The lowest BCUT2D eigenvalue weighted by Gasteiger charge is -2.36. The van der Waals surface area contributed by atoms with Gasteiger partial charge in [-0.15, -0.1) is 0 Å². The summed E-state index contributed by atoms with van der Waals surface area (Å²) < 4.78 is 34.5. The van der Waals surface area contributed by atoms with Crippen molar-refractivity contribution < 1.29 is 33.0 Å². The third-order valence-corrected chi connectivity index (χ3v) is 4.79. The van der Waals surface area contributed by atoms with Gasteiger partial charge in [-0.2, -0.15) is 0 Å². The number of hydrogen-bond donors (Lipinski definition) is 2. The molecule has 2 aliphatic rings. The van der Waals surface area contributed by atoms with Crippen molar-refractivity contribution in [2.75, 3.05) is 44.2 Å². The number of anilines is 1. The summed E-state index contributed by atoms with van der Waals surface area (Å²) in [5.74, 6) is -3.10. The maximum absolute atomic E-state index is 14.7. The summed E-state index contributed by atoms with van der Waals surface area (Å²) in [6, 6.07) is 2.13. The highest BCUT2D eigenvalue weighted by Gasteiger charge is 2.30. The molecule has 2 heterocycles. The molecule has 1 atom stereocenters. The van der Waals surface area contributed by atoms with Crippen molar-refractivity contribution in [3.63, 3.8) is 0 Å². The molecule has 0 aromatic heterocycles. The number of cyclic esters (lactones) is 1. The Morgan fingerprint density at radius 1 is 1.21 bits per heavy atom. The highest BCUT2D eigenvalue weighted by Crippen LogP contribution is 2.31. The predicted molar refractivity (Wildman–Crippen MR) is 98.8 cm³/mol. The summed E-state index contributed by atoms with van der Waals surface area (Å²) in [4.78, 5) is 37.4. The van der Waals surface area contributed by atoms with Crippen molar-refractivity contribution in [1.29, 1.82) is 0 Å². The van der Waals surface area contributed by atoms with E-state index in [-0.39, 0.29) is 55.5 Å². The van der Waals surface area contributed by atoms with Crippen molar-refractivity contribution >= 4 is 29.0 Å². The van der Waals surface area contributed by atoms with Crippen molar-refractivity contribution in [1.82, 2.24) is 10.2 Å². The molecule has 8 nitrogen and oxygen atoms in total. The zero-order chi connectivity index (χ0) is 21.1. The number of benzene rings is 1. The maximum atomic E-state index is 14.7. The molecule has 1 saturated heterocycles. The second kappa shape index (κ2) is 8.56. The second-order valence-corrected chi connectivity index (χ2v) is 6.78. The number of ether oxygens (including phenoxy) is 1. The van der Waals surface area contributed by atoms with Gasteiger partial charge in [0.15, 0.2) is 0 Å². The van der Waals surface area contributed by atoms with E-state index in [1.54, 1.807) is 0 Å². The van der Waals surface area contributed by atoms with Gasteiger partial charge in [0.1, 0.15) is 30.0 Å². The van der Waals surface area contributed by atoms with Crippen LogP contribution in [-0.4, -0.2) is 73.2 Å². The third kappa shape index (κ3) is 4.53. The zero-order valence-corrected chi connectivity index (χ0v) is 15.8. The standard InChI is InChI=1S/C19H21F2N3O5/c1-11(26)22-9-13-8-14(19(28)29-13)12-6-15(20)18(16(21)7-12)24-4-2-23(3-5-24)17(27)10-25/h6-8,13,25H,2-5,9-10H2,1H3,(H,22,26). The molecule has 0 spiro atoms. The molecular weight excluding hydrogens is 388 g/mol. The quantitative estimate of drug-likeness (QED) is 0.667. The van der Waals surface area contributed by atoms with Gasteiger partial charge in [0.2, 0.25) is 11.8 Å². The fourth-order valence-electron chi connectivity index (χ4n) is 3.35. The minimum absolute atomic E-state index is 0.0306. The van der Waals surface area contributed by atoms with E-state index in [1.165, 1.54) is 22.8 Å². The number of piperazine rings is 1. The summed E-state index contributed by atoms with van der Waals surface area (Å²) in [5, 5.41) is 11.4. The van der Waals surface area contributed by atoms with E-state index < -0.39 is 36.2 Å². The van der Waals surface area contributed by atoms with Crippen LogP contribution in [0.25, 0.3) is 5.57 Å². The molecule has 0 radical (unpaired) electrons. The maximum Gasteiger partial charge on any atom is 0.339 e. The number of nitrogens with one attached hydrogen (secondary N) is 1. The fraction of sp³-hybridized carbons (Fsp3) is 0.421. The van der Waals surface area contributed by atoms with Crippen molar-refractivity contribution in [2.45, 2.75) is 13.0 Å². The molecule has 0 aliphatic carbocycles. The lowest BCUT2D eigenvalue weighted by molar-refractivity contribution is -0.138. The molecule has 2 N–H and O–H groups in total. The number of aliphatic hydroxyl groups excluding tert-OH is 1. The Morgan fingerprint density at radius 2 is 1.83 bits per heavy atom. The molecule has 0 saturated carbocycles. The van der Waals surface area contributed by atoms with Crippen LogP contribution in [0, 0.1) is 11.6 Å². The Labute approximate surface area is 165 Å². The van der Waals surface area contributed by atoms with E-state index in [0.29, 0.717) is 0 Å². The second-order valence-electron chi connectivity index (χ2n) is 6.78. The van der Waals surface area contributed by atoms with E-state index in [2.05, 4.69) is 5.32 Å². The number of nitrogens with zero attached hydrogens (tertiary/aromatic N) is 2. The molecule has 1 fully saturated rings. The summed E-state index contributed by atoms with van der Waals surface area (Å²) in [6.07, 6.45) is 0.718. The topological polar surface area (TPSA) is 99.2 Å². The molecule has 0 bridgehead atoms. The van der Waals surface area contributed by atoms with E-state index in [0.717, 1.165) is 12.1 Å². The summed E-state index contributed by atoms with van der Waals surface area (Å²) in [7, 11) is 0. The molecule has 29 heavy (non-hydrogen) atoms. The van der Waals surface area contributed by atoms with Crippen LogP contribution < -0.4 is 10.2 Å². The number of carbonyl (C=O) groups excluding carboxylic acids is 3. The van der Waals surface area contributed by atoms with Gasteiger partial charge in [-0.05, 0) is 23.8 Å². The summed E-state index contributed by atoms with van der Waals surface area (Å²) in [5.41, 5.74) is -0.150. The lowest BCUT2D eigenvalue weighted by Crippen LogP contribution is -2.50. The third-order valence-electron chi connectivity index (χ3n) is 4.79. The minimum Gasteiger partial charge on any atom is -0.453 e. The van der Waals surface area contributed by atoms with Gasteiger partial charge in [0.05, 0.1) is 12.1 Å². The van der Waals surface area contributed by atoms with Gasteiger partial charge >= 0.3 is 5.97 Å². The van der Waals surface area contributed by atoms with Crippen molar-refractivity contribution in [3.05, 3.63) is 35.4 Å². The molecule has 1 aromatic carbocycles. The van der Waals surface area contributed by atoms with Crippen molar-refractivity contribution in [2.24, 2.45) is 0 Å². The van der Waals surface area contributed by atoms with E-state index in [9.17, 15) is 23.2 Å². The molecule has 10 heteroatoms. The van der Waals surface area contributed by atoms with Gasteiger partial charge < -0.3 is 25.0 Å². The Balaban J connectivity index is 1.76. The number of hydrogen-bond acceptors (Lipinski definition) is 6. The van der Waals surface area contributed by atoms with Gasteiger partial charge in [0, 0.05) is 33.1 Å². The molecule has 2 amide bonds. The summed E-state index contributed by atoms with van der Waals surface area (Å²) in [6.45, 7) is 1.69. The van der Waals surface area contributed by atoms with E-state index >= 15 is 0 Å². The van der Waals surface area contributed by atoms with E-state index in [4.69, 9.17) is 9.84 Å². The fourth-order valence-corrected chi connectivity index (χ4v) is 3.35. The molecular formula is C19H21F2N3O5. The number of esters is 1. The predicted octanol–water partition coefficient (Wildman–Crippen LogP) is 0.0506. The molecule has 1 unspecified atom stereocenters. The van der Waals surface area contributed by atoms with Crippen LogP contribution in [0.15, 0.2) is 18.2 Å². The van der Waals surface area contributed by atoms with Crippen LogP contribution in [0.2, 0.25) is 0 Å². The van der Waals surface area contributed by atoms with Crippen LogP contribution in [0.4, 0.5) is 14.5 Å². The molecule has 3 rings (SSSR count). The first-order chi connectivity index (χ1) is 13.8. The number of aliphatic hydroxyl groups is 1. The number of carbonyl (C=O) groups is 3. The van der Waals surface area contributed by atoms with Crippen LogP contribution >= 0.6 is 0 Å². The lowest BCUT2D eigenvalue weighted by atomic mass is 10.0. The average Bonchev–Trinajstić information content (AvgIpc) is 3.06. The molecule has 156 valence electrons. The van der Waals surface area contributed by atoms with Crippen LogP contribution in [0.1, 0.15) is 12.5 Å². The number of amides is 2. The SMILES string of the molecule is CC(=O)NCC1C=C(c2cc(F)c(N3CCN(C(=O)CO)CC3)c(F)c2)C(=O)O1. The normalized spacial score (nSPS) is 19.1. The first-order valence-corrected chi connectivity index (χ1v) is 9.10. The Hall–Kier alpha value is -3.01. The van der Waals surface area contributed by atoms with Gasteiger partial charge in [-0.1, -0.05) is 0 Å².